The van der Waals surface area contributed by atoms with Gasteiger partial charge in [0, 0.05) is 38.0 Å². The lowest BCUT2D eigenvalue weighted by Gasteiger charge is -2.38. The van der Waals surface area contributed by atoms with Gasteiger partial charge >= 0.3 is 5.97 Å². The summed E-state index contributed by atoms with van der Waals surface area (Å²) in [5.74, 6) is -2.13. The Morgan fingerprint density at radius 3 is 2.37 bits per heavy atom. The van der Waals surface area contributed by atoms with E-state index in [-0.39, 0.29) is 53.8 Å². The van der Waals surface area contributed by atoms with E-state index in [1.807, 2.05) is 51.2 Å². The van der Waals surface area contributed by atoms with E-state index in [2.05, 4.69) is 34.4 Å². The molecule has 1 fully saturated rings. The molecule has 1 aliphatic heterocycles. The van der Waals surface area contributed by atoms with Crippen LogP contribution in [0.5, 0.6) is 0 Å². The van der Waals surface area contributed by atoms with Crippen LogP contribution in [-0.2, 0) is 25.5 Å². The van der Waals surface area contributed by atoms with Gasteiger partial charge in [0.1, 0.15) is 22.8 Å². The van der Waals surface area contributed by atoms with Gasteiger partial charge in [-0.1, -0.05) is 77.8 Å². The van der Waals surface area contributed by atoms with E-state index < -0.39 is 30.1 Å². The molecular weight excluding hydrogens is 643 g/mol. The Morgan fingerprint density at radius 1 is 1.08 bits per heavy atom. The molecule has 1 aromatic carbocycles. The van der Waals surface area contributed by atoms with Crippen molar-refractivity contribution in [2.75, 3.05) is 27.7 Å². The minimum atomic E-state index is -0.913. The highest BCUT2D eigenvalue weighted by molar-refractivity contribution is 7.09. The van der Waals surface area contributed by atoms with E-state index in [1.54, 1.807) is 31.4 Å². The third-order valence-corrected chi connectivity index (χ3v) is 10.9. The van der Waals surface area contributed by atoms with E-state index in [1.165, 1.54) is 11.3 Å². The molecule has 2 aromatic rings. The number of rotatable bonds is 18. The Balaban J connectivity index is 1.74. The van der Waals surface area contributed by atoms with Crippen molar-refractivity contribution in [1.82, 2.24) is 25.4 Å². The SMILES string of the molecule is CC[C@H](C)[C@H](NC(=O)[C@H]1CCCCN1C)C(=O)N(C)[C@H](C[C@@H](OC)c1nc(C(=O)NC(Cc2ccccc2)C[C@H](C)C(=O)O)cs1)C(C)C. The highest BCUT2D eigenvalue weighted by Gasteiger charge is 2.37. The van der Waals surface area contributed by atoms with Gasteiger partial charge in [-0.15, -0.1) is 11.3 Å². The van der Waals surface area contributed by atoms with Crippen LogP contribution in [0.3, 0.4) is 0 Å². The number of aliphatic carboxylic acids is 1. The maximum atomic E-state index is 14.1. The van der Waals surface area contributed by atoms with Crippen LogP contribution in [0, 0.1) is 17.8 Å². The molecule has 0 radical (unpaired) electrons. The summed E-state index contributed by atoms with van der Waals surface area (Å²) in [5, 5.41) is 17.9. The highest BCUT2D eigenvalue weighted by Crippen LogP contribution is 2.30. The number of likely N-dealkylation sites (N-methyl/N-ethyl adjacent to an activating group) is 2. The molecule has 2 heterocycles. The number of thiazole rings is 1. The fourth-order valence-electron chi connectivity index (χ4n) is 6.54. The molecule has 0 aliphatic carbocycles. The first-order valence-corrected chi connectivity index (χ1v) is 18.5. The van der Waals surface area contributed by atoms with Crippen molar-refractivity contribution >= 4 is 35.0 Å². The van der Waals surface area contributed by atoms with Crippen LogP contribution in [0.1, 0.15) is 100 Å². The summed E-state index contributed by atoms with van der Waals surface area (Å²) in [6.45, 7) is 10.6. The lowest BCUT2D eigenvalue weighted by Crippen LogP contribution is -2.58. The number of hydrogen-bond acceptors (Lipinski definition) is 8. The van der Waals surface area contributed by atoms with Crippen molar-refractivity contribution in [2.45, 2.75) is 110 Å². The Morgan fingerprint density at radius 2 is 1.78 bits per heavy atom. The minimum absolute atomic E-state index is 0.0527. The quantitative estimate of drug-likeness (QED) is 0.194. The Labute approximate surface area is 296 Å². The van der Waals surface area contributed by atoms with Gasteiger partial charge in [0.2, 0.25) is 11.8 Å². The number of benzene rings is 1. The molecule has 12 heteroatoms. The second-order valence-corrected chi connectivity index (χ2v) is 14.9. The molecule has 3 rings (SSSR count). The van der Waals surface area contributed by atoms with E-state index >= 15 is 0 Å². The monoisotopic (exact) mass is 699 g/mol. The van der Waals surface area contributed by atoms with Crippen LogP contribution in [0.15, 0.2) is 35.7 Å². The number of carboxylic acids is 1. The molecule has 0 spiro atoms. The number of hydrogen-bond donors (Lipinski definition) is 3. The largest absolute Gasteiger partial charge is 0.481 e. The number of nitrogens with one attached hydrogen (secondary N) is 2. The van der Waals surface area contributed by atoms with Crippen molar-refractivity contribution in [3.8, 4) is 0 Å². The second-order valence-electron chi connectivity index (χ2n) is 14.0. The molecule has 272 valence electrons. The number of piperidine rings is 1. The molecule has 7 atom stereocenters. The molecule has 0 saturated carbocycles. The molecule has 11 nitrogen and oxygen atoms in total. The fraction of sp³-hybridized carbons (Fsp3) is 0.649. The topological polar surface area (TPSA) is 141 Å². The van der Waals surface area contributed by atoms with E-state index in [0.29, 0.717) is 17.8 Å². The fourth-order valence-corrected chi connectivity index (χ4v) is 7.42. The van der Waals surface area contributed by atoms with Crippen molar-refractivity contribution in [1.29, 1.82) is 0 Å². The summed E-state index contributed by atoms with van der Waals surface area (Å²) in [5.41, 5.74) is 1.24. The van der Waals surface area contributed by atoms with Gasteiger partial charge in [0.15, 0.2) is 0 Å². The zero-order valence-electron chi connectivity index (χ0n) is 30.5. The van der Waals surface area contributed by atoms with Gasteiger partial charge in [-0.2, -0.15) is 0 Å². The van der Waals surface area contributed by atoms with Crippen LogP contribution in [-0.4, -0.2) is 95.5 Å². The first-order chi connectivity index (χ1) is 23.3. The molecule has 49 heavy (non-hydrogen) atoms. The summed E-state index contributed by atoms with van der Waals surface area (Å²) in [6, 6.07) is 8.14. The molecule has 1 unspecified atom stereocenters. The number of amides is 3. The van der Waals surface area contributed by atoms with Crippen molar-refractivity contribution in [2.24, 2.45) is 17.8 Å². The number of carboxylic acid groups (broad SMARTS) is 1. The summed E-state index contributed by atoms with van der Waals surface area (Å²) in [7, 11) is 5.35. The normalized spacial score (nSPS) is 18.9. The summed E-state index contributed by atoms with van der Waals surface area (Å²) in [4.78, 5) is 60.9. The van der Waals surface area contributed by atoms with E-state index in [0.717, 1.165) is 37.8 Å². The van der Waals surface area contributed by atoms with Gasteiger partial charge in [-0.3, -0.25) is 24.1 Å². The first-order valence-electron chi connectivity index (χ1n) is 17.6. The Kier molecular flexibility index (Phi) is 15.7. The van der Waals surface area contributed by atoms with Crippen molar-refractivity contribution < 1.29 is 29.0 Å². The smallest absolute Gasteiger partial charge is 0.306 e. The molecule has 0 bridgehead atoms. The molecule has 1 aliphatic rings. The summed E-state index contributed by atoms with van der Waals surface area (Å²) in [6.07, 6.45) is 4.33. The standard InChI is InChI=1S/C37H57N5O6S/c1-9-24(4)32(40-34(44)29-17-13-14-18-41(29)6)36(45)42(7)30(23(2)3)21-31(48-8)35-39-28(22-49-35)33(43)38-27(19-25(5)37(46)47)20-26-15-11-10-12-16-26/h10-12,15-16,22-25,27,29-32H,9,13-14,17-21H2,1-8H3,(H,38,43)(H,40,44)(H,46,47)/t24-,25-,27?,29+,30+,31+,32-/m0/s1. The number of aromatic nitrogens is 1. The van der Waals surface area contributed by atoms with E-state index in [4.69, 9.17) is 4.74 Å². The summed E-state index contributed by atoms with van der Waals surface area (Å²) < 4.78 is 5.90. The number of carbonyl (C=O) groups excluding carboxylic acids is 3. The Bertz CT molecular complexity index is 1370. The zero-order chi connectivity index (χ0) is 36.2. The van der Waals surface area contributed by atoms with Gasteiger partial charge in [0.05, 0.1) is 12.0 Å². The lowest BCUT2D eigenvalue weighted by molar-refractivity contribution is -0.141. The second kappa shape index (κ2) is 19.2. The number of carbonyl (C=O) groups is 4. The number of methoxy groups -OCH3 is 1. The number of nitrogens with zero attached hydrogens (tertiary/aromatic N) is 3. The molecule has 1 saturated heterocycles. The van der Waals surface area contributed by atoms with Crippen molar-refractivity contribution in [3.05, 3.63) is 52.0 Å². The minimum Gasteiger partial charge on any atom is -0.481 e. The average molecular weight is 700 g/mol. The maximum absolute atomic E-state index is 14.1. The number of likely N-dealkylation sites (tertiary alicyclic amines) is 1. The van der Waals surface area contributed by atoms with Crippen LogP contribution >= 0.6 is 11.3 Å². The third-order valence-electron chi connectivity index (χ3n) is 9.95. The third kappa shape index (κ3) is 11.3. The Hall–Kier alpha value is -3.35. The van der Waals surface area contributed by atoms with E-state index in [9.17, 15) is 24.3 Å². The van der Waals surface area contributed by atoms with Gasteiger partial charge in [-0.25, -0.2) is 4.98 Å². The predicted molar refractivity (Wildman–Crippen MR) is 192 cm³/mol. The van der Waals surface area contributed by atoms with Gasteiger partial charge in [-0.05, 0) is 56.7 Å². The van der Waals surface area contributed by atoms with Crippen LogP contribution in [0.4, 0.5) is 0 Å². The van der Waals surface area contributed by atoms with Crippen LogP contribution < -0.4 is 10.6 Å². The summed E-state index contributed by atoms with van der Waals surface area (Å²) >= 11 is 1.32. The number of ether oxygens (including phenoxy) is 1. The highest BCUT2D eigenvalue weighted by atomic mass is 32.1. The first kappa shape index (κ1) is 40.1. The molecule has 3 amide bonds. The van der Waals surface area contributed by atoms with Crippen LogP contribution in [0.2, 0.25) is 0 Å². The predicted octanol–water partition coefficient (Wildman–Crippen LogP) is 5.17. The molecule has 3 N–H and O–H groups in total. The molecule has 1 aromatic heterocycles. The lowest BCUT2D eigenvalue weighted by atomic mass is 9.92. The average Bonchev–Trinajstić information content (AvgIpc) is 3.57. The maximum Gasteiger partial charge on any atom is 0.306 e. The zero-order valence-corrected chi connectivity index (χ0v) is 31.3. The molecular formula is C37H57N5O6S. The van der Waals surface area contributed by atoms with Crippen molar-refractivity contribution in [3.63, 3.8) is 0 Å². The van der Waals surface area contributed by atoms with Crippen LogP contribution in [0.25, 0.3) is 0 Å². The van der Waals surface area contributed by atoms with Gasteiger partial charge < -0.3 is 25.4 Å². The van der Waals surface area contributed by atoms with Gasteiger partial charge in [0.25, 0.3) is 5.91 Å².